The minimum Gasteiger partial charge on any atom is -0.495 e. The molecule has 1 saturated heterocycles. The molecule has 0 bridgehead atoms. The molecule has 3 aromatic carbocycles. The molecule has 0 aliphatic carbocycles. The second kappa shape index (κ2) is 12.0. The van der Waals surface area contributed by atoms with E-state index in [9.17, 15) is 4.79 Å². The number of carbonyl (C=O) groups is 1. The van der Waals surface area contributed by atoms with Crippen LogP contribution < -0.4 is 24.6 Å². The number of likely N-dealkylation sites (N-methyl/N-ethyl adjacent to an activating group) is 1. The molecule has 4 aromatic rings. The SMILES string of the molecule is COc1cc(Nc2nccc(N(C(=O)Oc3ccccc3)c3c(C)cccc3C)n2)ccc1N1CCN(C)CC1. The zero-order valence-electron chi connectivity index (χ0n) is 23.3. The van der Waals surface area contributed by atoms with Crippen LogP contribution in [0.4, 0.5) is 33.6 Å². The van der Waals surface area contributed by atoms with Crippen LogP contribution in [0.25, 0.3) is 0 Å². The summed E-state index contributed by atoms with van der Waals surface area (Å²) in [6.07, 6.45) is 1.06. The summed E-state index contributed by atoms with van der Waals surface area (Å²) in [6, 6.07) is 22.5. The summed E-state index contributed by atoms with van der Waals surface area (Å²) >= 11 is 0. The first-order chi connectivity index (χ1) is 19.4. The minimum absolute atomic E-state index is 0.343. The third-order valence-electron chi connectivity index (χ3n) is 6.94. The summed E-state index contributed by atoms with van der Waals surface area (Å²) in [7, 11) is 3.81. The van der Waals surface area contributed by atoms with Crippen LogP contribution in [0, 0.1) is 13.8 Å². The molecule has 1 aliphatic rings. The highest BCUT2D eigenvalue weighted by Gasteiger charge is 2.25. The zero-order valence-corrected chi connectivity index (χ0v) is 23.3. The molecular weight excluding hydrogens is 504 g/mol. The number of rotatable bonds is 7. The Hall–Kier alpha value is -4.63. The Morgan fingerprint density at radius 2 is 1.65 bits per heavy atom. The Morgan fingerprint density at radius 3 is 2.35 bits per heavy atom. The molecule has 1 aliphatic heterocycles. The number of para-hydroxylation sites is 2. The van der Waals surface area contributed by atoms with E-state index in [0.717, 1.165) is 54.4 Å². The van der Waals surface area contributed by atoms with Crippen molar-refractivity contribution in [2.45, 2.75) is 13.8 Å². The second-order valence-electron chi connectivity index (χ2n) is 9.80. The summed E-state index contributed by atoms with van der Waals surface area (Å²) in [4.78, 5) is 28.8. The van der Waals surface area contributed by atoms with Crippen molar-refractivity contribution in [3.8, 4) is 11.5 Å². The maximum atomic E-state index is 13.6. The summed E-state index contributed by atoms with van der Waals surface area (Å²) in [5, 5.41) is 3.27. The van der Waals surface area contributed by atoms with Gasteiger partial charge in [0.15, 0.2) is 0 Å². The van der Waals surface area contributed by atoms with Gasteiger partial charge in [-0.2, -0.15) is 4.98 Å². The highest BCUT2D eigenvalue weighted by atomic mass is 16.6. The number of amides is 1. The van der Waals surface area contributed by atoms with Crippen LogP contribution in [0.5, 0.6) is 11.5 Å². The third-order valence-corrected chi connectivity index (χ3v) is 6.94. The average Bonchev–Trinajstić information content (AvgIpc) is 2.96. The van der Waals surface area contributed by atoms with E-state index < -0.39 is 6.09 Å². The number of hydrogen-bond acceptors (Lipinski definition) is 8. The van der Waals surface area contributed by atoms with Gasteiger partial charge in [-0.05, 0) is 56.3 Å². The van der Waals surface area contributed by atoms with Crippen LogP contribution in [0.3, 0.4) is 0 Å². The summed E-state index contributed by atoms with van der Waals surface area (Å²) < 4.78 is 11.5. The number of aryl methyl sites for hydroxylation is 2. The molecule has 1 amide bonds. The molecule has 5 rings (SSSR count). The first kappa shape index (κ1) is 27.0. The number of piperazine rings is 1. The molecular formula is C31H34N6O3. The van der Waals surface area contributed by atoms with Gasteiger partial charge >= 0.3 is 6.09 Å². The Morgan fingerprint density at radius 1 is 0.925 bits per heavy atom. The van der Waals surface area contributed by atoms with Crippen molar-refractivity contribution in [3.05, 3.63) is 90.1 Å². The number of nitrogens with one attached hydrogen (secondary N) is 1. The fourth-order valence-corrected chi connectivity index (χ4v) is 4.82. The molecule has 1 N–H and O–H groups in total. The molecule has 40 heavy (non-hydrogen) atoms. The van der Waals surface area contributed by atoms with Crippen LogP contribution in [0.2, 0.25) is 0 Å². The van der Waals surface area contributed by atoms with Crippen molar-refractivity contribution in [2.75, 3.05) is 55.5 Å². The molecule has 0 radical (unpaired) electrons. The number of methoxy groups -OCH3 is 1. The molecule has 206 valence electrons. The highest BCUT2D eigenvalue weighted by molar-refractivity contribution is 5.98. The lowest BCUT2D eigenvalue weighted by atomic mass is 10.1. The van der Waals surface area contributed by atoms with Gasteiger partial charge in [0, 0.05) is 50.2 Å². The van der Waals surface area contributed by atoms with E-state index >= 15 is 0 Å². The maximum Gasteiger partial charge on any atom is 0.425 e. The number of benzene rings is 3. The molecule has 1 fully saturated rings. The lowest BCUT2D eigenvalue weighted by Crippen LogP contribution is -2.44. The van der Waals surface area contributed by atoms with Crippen molar-refractivity contribution < 1.29 is 14.3 Å². The Kier molecular flexibility index (Phi) is 8.12. The Labute approximate surface area is 235 Å². The zero-order chi connectivity index (χ0) is 28.1. The van der Waals surface area contributed by atoms with E-state index in [2.05, 4.69) is 33.2 Å². The van der Waals surface area contributed by atoms with E-state index in [-0.39, 0.29) is 0 Å². The topological polar surface area (TPSA) is 83.1 Å². The standard InChI is InChI=1S/C31H34N6O3/c1-22-9-8-10-23(2)29(22)37(31(38)40-25-11-6-5-7-12-25)28-15-16-32-30(34-28)33-24-13-14-26(27(21-24)39-4)36-19-17-35(3)18-20-36/h5-16,21H,17-20H2,1-4H3,(H,32,33,34). The van der Waals surface area contributed by atoms with Crippen LogP contribution >= 0.6 is 0 Å². The van der Waals surface area contributed by atoms with Crippen LogP contribution in [0.15, 0.2) is 79.0 Å². The van der Waals surface area contributed by atoms with Crippen molar-refractivity contribution >= 4 is 34.9 Å². The molecule has 0 unspecified atom stereocenters. The first-order valence-corrected chi connectivity index (χ1v) is 13.3. The van der Waals surface area contributed by atoms with Gasteiger partial charge in [-0.1, -0.05) is 36.4 Å². The van der Waals surface area contributed by atoms with Gasteiger partial charge in [0.2, 0.25) is 5.95 Å². The Balaban J connectivity index is 1.44. The number of hydrogen-bond donors (Lipinski definition) is 1. The van der Waals surface area contributed by atoms with Crippen LogP contribution in [0.1, 0.15) is 11.1 Å². The number of carbonyl (C=O) groups excluding carboxylic acids is 1. The monoisotopic (exact) mass is 538 g/mol. The summed E-state index contributed by atoms with van der Waals surface area (Å²) in [6.45, 7) is 7.82. The van der Waals surface area contributed by atoms with Gasteiger partial charge < -0.3 is 24.6 Å². The fourth-order valence-electron chi connectivity index (χ4n) is 4.82. The van der Waals surface area contributed by atoms with Gasteiger partial charge in [-0.15, -0.1) is 0 Å². The van der Waals surface area contributed by atoms with E-state index in [1.165, 1.54) is 4.90 Å². The molecule has 9 nitrogen and oxygen atoms in total. The van der Waals surface area contributed by atoms with Gasteiger partial charge in [0.1, 0.15) is 17.3 Å². The Bertz CT molecular complexity index is 1450. The highest BCUT2D eigenvalue weighted by Crippen LogP contribution is 2.34. The molecule has 1 aromatic heterocycles. The molecule has 2 heterocycles. The molecule has 0 atom stereocenters. The second-order valence-corrected chi connectivity index (χ2v) is 9.80. The summed E-state index contributed by atoms with van der Waals surface area (Å²) in [5.41, 5.74) is 4.38. The molecule has 0 saturated carbocycles. The number of ether oxygens (including phenoxy) is 2. The largest absolute Gasteiger partial charge is 0.495 e. The normalized spacial score (nSPS) is 13.6. The average molecular weight is 539 g/mol. The lowest BCUT2D eigenvalue weighted by Gasteiger charge is -2.34. The van der Waals surface area contributed by atoms with Crippen molar-refractivity contribution in [1.82, 2.24) is 14.9 Å². The smallest absolute Gasteiger partial charge is 0.425 e. The van der Waals surface area contributed by atoms with Gasteiger partial charge in [0.25, 0.3) is 0 Å². The van der Waals surface area contributed by atoms with E-state index in [4.69, 9.17) is 14.5 Å². The van der Waals surface area contributed by atoms with Gasteiger partial charge in [-0.3, -0.25) is 0 Å². The van der Waals surface area contributed by atoms with Crippen molar-refractivity contribution in [1.29, 1.82) is 0 Å². The maximum absolute atomic E-state index is 13.6. The number of anilines is 5. The van der Waals surface area contributed by atoms with Crippen LogP contribution in [-0.2, 0) is 0 Å². The van der Waals surface area contributed by atoms with E-state index in [0.29, 0.717) is 23.2 Å². The number of aromatic nitrogens is 2. The van der Waals surface area contributed by atoms with Crippen molar-refractivity contribution in [2.24, 2.45) is 0 Å². The third kappa shape index (κ3) is 6.00. The minimum atomic E-state index is -0.563. The summed E-state index contributed by atoms with van der Waals surface area (Å²) in [5.74, 6) is 1.95. The number of nitrogens with zero attached hydrogens (tertiary/aromatic N) is 5. The first-order valence-electron chi connectivity index (χ1n) is 13.3. The van der Waals surface area contributed by atoms with Crippen molar-refractivity contribution in [3.63, 3.8) is 0 Å². The molecule has 9 heteroatoms. The predicted molar refractivity (Wildman–Crippen MR) is 159 cm³/mol. The van der Waals surface area contributed by atoms with E-state index in [1.54, 1.807) is 31.5 Å². The van der Waals surface area contributed by atoms with E-state index in [1.807, 2.05) is 62.4 Å². The lowest BCUT2D eigenvalue weighted by molar-refractivity contribution is 0.210. The fraction of sp³-hybridized carbons (Fsp3) is 0.258. The molecule has 0 spiro atoms. The predicted octanol–water partition coefficient (Wildman–Crippen LogP) is 5.93. The van der Waals surface area contributed by atoms with Crippen LogP contribution in [-0.4, -0.2) is 61.3 Å². The van der Waals surface area contributed by atoms with Gasteiger partial charge in [-0.25, -0.2) is 14.7 Å². The van der Waals surface area contributed by atoms with Gasteiger partial charge in [0.05, 0.1) is 18.5 Å². The quantitative estimate of drug-likeness (QED) is 0.310.